The number of amides is 1. The molecule has 0 atom stereocenters. The summed E-state index contributed by atoms with van der Waals surface area (Å²) in [6.07, 6.45) is 3.56. The van der Waals surface area contributed by atoms with Crippen LogP contribution >= 0.6 is 11.6 Å². The summed E-state index contributed by atoms with van der Waals surface area (Å²) in [6.45, 7) is 6.31. The molecule has 202 valence electrons. The SMILES string of the molecule is CC(C)(C)OC(=O)N1Cc2cc(Cl)ccc2-n2c(nnc2C2CCC(Oc3cccc4ccccc34)CC2)C1. The van der Waals surface area contributed by atoms with Gasteiger partial charge in [-0.1, -0.05) is 48.0 Å². The summed E-state index contributed by atoms with van der Waals surface area (Å²) >= 11 is 6.38. The first kappa shape index (κ1) is 25.7. The minimum atomic E-state index is -0.591. The lowest BCUT2D eigenvalue weighted by molar-refractivity contribution is 0.0214. The van der Waals surface area contributed by atoms with E-state index in [1.807, 2.05) is 39.0 Å². The minimum absolute atomic E-state index is 0.160. The van der Waals surface area contributed by atoms with Crippen LogP contribution in [0.3, 0.4) is 0 Å². The van der Waals surface area contributed by atoms with Gasteiger partial charge in [0, 0.05) is 16.3 Å². The van der Waals surface area contributed by atoms with Gasteiger partial charge in [-0.15, -0.1) is 10.2 Å². The molecule has 2 heterocycles. The number of benzene rings is 3. The molecule has 4 aromatic rings. The highest BCUT2D eigenvalue weighted by atomic mass is 35.5. The molecule has 0 saturated heterocycles. The van der Waals surface area contributed by atoms with E-state index in [9.17, 15) is 4.79 Å². The molecule has 6 rings (SSSR count). The first-order valence-corrected chi connectivity index (χ1v) is 14.0. The lowest BCUT2D eigenvalue weighted by atomic mass is 9.86. The fourth-order valence-corrected chi connectivity index (χ4v) is 5.86. The lowest BCUT2D eigenvalue weighted by Gasteiger charge is -2.29. The Morgan fingerprint density at radius 2 is 1.72 bits per heavy atom. The molecule has 1 aromatic heterocycles. The molecule has 0 spiro atoms. The van der Waals surface area contributed by atoms with Crippen LogP contribution in [0.15, 0.2) is 60.7 Å². The number of ether oxygens (including phenoxy) is 2. The second kappa shape index (κ2) is 10.2. The molecule has 39 heavy (non-hydrogen) atoms. The number of carbonyl (C=O) groups is 1. The Labute approximate surface area is 233 Å². The van der Waals surface area contributed by atoms with Crippen LogP contribution in [0.25, 0.3) is 16.5 Å². The highest BCUT2D eigenvalue weighted by Crippen LogP contribution is 2.38. The van der Waals surface area contributed by atoms with E-state index in [-0.39, 0.29) is 18.1 Å². The van der Waals surface area contributed by atoms with Gasteiger partial charge in [-0.2, -0.15) is 0 Å². The van der Waals surface area contributed by atoms with Gasteiger partial charge in [0.05, 0.1) is 24.9 Å². The maximum atomic E-state index is 13.0. The molecular formula is C31H33ClN4O3. The zero-order chi connectivity index (χ0) is 27.1. The first-order valence-electron chi connectivity index (χ1n) is 13.6. The van der Waals surface area contributed by atoms with Gasteiger partial charge in [0.1, 0.15) is 17.2 Å². The molecule has 1 aliphatic carbocycles. The Morgan fingerprint density at radius 1 is 0.949 bits per heavy atom. The third-order valence-electron chi connectivity index (χ3n) is 7.47. The summed E-state index contributed by atoms with van der Waals surface area (Å²) in [5.41, 5.74) is 1.32. The second-order valence-corrected chi connectivity index (χ2v) is 11.9. The molecule has 1 fully saturated rings. The van der Waals surface area contributed by atoms with Crippen LogP contribution in [0.4, 0.5) is 4.79 Å². The number of hydrogen-bond acceptors (Lipinski definition) is 5. The number of hydrogen-bond donors (Lipinski definition) is 0. The van der Waals surface area contributed by atoms with Gasteiger partial charge in [0.25, 0.3) is 0 Å². The zero-order valence-electron chi connectivity index (χ0n) is 22.6. The molecule has 7 nitrogen and oxygen atoms in total. The van der Waals surface area contributed by atoms with E-state index in [1.165, 1.54) is 5.39 Å². The largest absolute Gasteiger partial charge is 0.490 e. The topological polar surface area (TPSA) is 69.5 Å². The van der Waals surface area contributed by atoms with Crippen molar-refractivity contribution in [2.24, 2.45) is 0 Å². The molecule has 0 N–H and O–H groups in total. The second-order valence-electron chi connectivity index (χ2n) is 11.5. The highest BCUT2D eigenvalue weighted by Gasteiger charge is 2.33. The Morgan fingerprint density at radius 3 is 2.51 bits per heavy atom. The molecule has 0 bridgehead atoms. The van der Waals surface area contributed by atoms with Gasteiger partial charge in [-0.05, 0) is 81.7 Å². The van der Waals surface area contributed by atoms with Crippen molar-refractivity contribution in [3.05, 3.63) is 82.9 Å². The van der Waals surface area contributed by atoms with Crippen LogP contribution < -0.4 is 4.74 Å². The van der Waals surface area contributed by atoms with Crippen LogP contribution in [0, 0.1) is 0 Å². The van der Waals surface area contributed by atoms with E-state index in [2.05, 4.69) is 57.2 Å². The number of aromatic nitrogens is 3. The Kier molecular flexibility index (Phi) is 6.71. The third kappa shape index (κ3) is 5.33. The van der Waals surface area contributed by atoms with Crippen molar-refractivity contribution >= 4 is 28.5 Å². The van der Waals surface area contributed by atoms with Crippen molar-refractivity contribution in [3.63, 3.8) is 0 Å². The number of nitrogens with zero attached hydrogens (tertiary/aromatic N) is 4. The Hall–Kier alpha value is -3.58. The summed E-state index contributed by atoms with van der Waals surface area (Å²) < 4.78 is 14.3. The quantitative estimate of drug-likeness (QED) is 0.268. The first-order chi connectivity index (χ1) is 18.7. The van der Waals surface area contributed by atoms with E-state index in [0.717, 1.165) is 59.7 Å². The van der Waals surface area contributed by atoms with E-state index < -0.39 is 5.60 Å². The van der Waals surface area contributed by atoms with Gasteiger partial charge in [-0.3, -0.25) is 9.47 Å². The highest BCUT2D eigenvalue weighted by molar-refractivity contribution is 6.30. The van der Waals surface area contributed by atoms with Crippen molar-refractivity contribution in [1.82, 2.24) is 19.7 Å². The fourth-order valence-electron chi connectivity index (χ4n) is 5.66. The molecule has 0 radical (unpaired) electrons. The average Bonchev–Trinajstić information content (AvgIpc) is 3.24. The van der Waals surface area contributed by atoms with E-state index in [4.69, 9.17) is 21.1 Å². The van der Waals surface area contributed by atoms with Crippen molar-refractivity contribution in [3.8, 4) is 11.4 Å². The summed E-state index contributed by atoms with van der Waals surface area (Å²) in [7, 11) is 0. The van der Waals surface area contributed by atoms with Crippen molar-refractivity contribution in [1.29, 1.82) is 0 Å². The molecule has 1 amide bonds. The van der Waals surface area contributed by atoms with Crippen molar-refractivity contribution in [2.75, 3.05) is 0 Å². The monoisotopic (exact) mass is 544 g/mol. The predicted molar refractivity (Wildman–Crippen MR) is 151 cm³/mol. The van der Waals surface area contributed by atoms with Gasteiger partial charge in [-0.25, -0.2) is 4.79 Å². The average molecular weight is 545 g/mol. The number of halogens is 1. The Bertz CT molecular complexity index is 1510. The molecular weight excluding hydrogens is 512 g/mol. The summed E-state index contributed by atoms with van der Waals surface area (Å²) in [5.74, 6) is 2.85. The number of carbonyl (C=O) groups excluding carboxylic acids is 1. The third-order valence-corrected chi connectivity index (χ3v) is 7.70. The van der Waals surface area contributed by atoms with Gasteiger partial charge in [0.2, 0.25) is 0 Å². The van der Waals surface area contributed by atoms with Crippen LogP contribution in [-0.4, -0.2) is 37.5 Å². The van der Waals surface area contributed by atoms with Gasteiger partial charge < -0.3 is 9.47 Å². The van der Waals surface area contributed by atoms with E-state index in [1.54, 1.807) is 4.90 Å². The minimum Gasteiger partial charge on any atom is -0.490 e. The van der Waals surface area contributed by atoms with Crippen LogP contribution in [-0.2, 0) is 17.8 Å². The molecule has 1 aliphatic heterocycles. The van der Waals surface area contributed by atoms with Crippen molar-refractivity contribution in [2.45, 2.75) is 77.2 Å². The summed E-state index contributed by atoms with van der Waals surface area (Å²) in [6, 6.07) is 20.4. The number of rotatable bonds is 3. The Balaban J connectivity index is 1.24. The van der Waals surface area contributed by atoms with Crippen LogP contribution in [0.1, 0.15) is 69.6 Å². The predicted octanol–water partition coefficient (Wildman–Crippen LogP) is 7.43. The van der Waals surface area contributed by atoms with Gasteiger partial charge in [0.15, 0.2) is 5.82 Å². The normalized spacial score (nSPS) is 19.2. The molecule has 1 saturated carbocycles. The molecule has 0 unspecified atom stereocenters. The van der Waals surface area contributed by atoms with Crippen LogP contribution in [0.2, 0.25) is 5.02 Å². The van der Waals surface area contributed by atoms with Crippen molar-refractivity contribution < 1.29 is 14.3 Å². The molecule has 8 heteroatoms. The molecule has 2 aliphatic rings. The zero-order valence-corrected chi connectivity index (χ0v) is 23.3. The summed E-state index contributed by atoms with van der Waals surface area (Å²) in [5, 5.41) is 12.2. The van der Waals surface area contributed by atoms with E-state index in [0.29, 0.717) is 18.1 Å². The maximum absolute atomic E-state index is 13.0. The fraction of sp³-hybridized carbons (Fsp3) is 0.387. The number of fused-ring (bicyclic) bond motifs is 4. The smallest absolute Gasteiger partial charge is 0.411 e. The standard InChI is InChI=1S/C31H33ClN4O3/c1-31(2,3)39-30(37)35-18-22-17-23(32)13-16-26(22)36-28(19-35)33-34-29(36)21-11-14-24(15-12-21)38-27-10-6-8-20-7-4-5-9-25(20)27/h4-10,13,16-17,21,24H,11-12,14-15,18-19H2,1-3H3. The van der Waals surface area contributed by atoms with Gasteiger partial charge >= 0.3 is 6.09 Å². The van der Waals surface area contributed by atoms with E-state index >= 15 is 0 Å². The molecule has 3 aromatic carbocycles. The summed E-state index contributed by atoms with van der Waals surface area (Å²) in [4.78, 5) is 14.7. The lowest BCUT2D eigenvalue weighted by Crippen LogP contribution is -2.35. The maximum Gasteiger partial charge on any atom is 0.411 e. The van der Waals surface area contributed by atoms with Crippen LogP contribution in [0.5, 0.6) is 5.75 Å².